The number of hydrogen-bond donors (Lipinski definition) is 2. The molecule has 0 saturated heterocycles. The van der Waals surface area contributed by atoms with E-state index in [4.69, 9.17) is 5.73 Å². The lowest BCUT2D eigenvalue weighted by molar-refractivity contribution is -0.127. The molecule has 0 aromatic carbocycles. The minimum absolute atomic E-state index is 0.0661. The molecular formula is C12H24N2OS. The summed E-state index contributed by atoms with van der Waals surface area (Å²) in [4.78, 5) is 11.9. The zero-order chi connectivity index (χ0) is 11.9. The van der Waals surface area contributed by atoms with Gasteiger partial charge in [0.05, 0.1) is 5.54 Å². The fourth-order valence-electron chi connectivity index (χ4n) is 2.16. The maximum atomic E-state index is 11.9. The molecule has 0 bridgehead atoms. The zero-order valence-corrected chi connectivity index (χ0v) is 11.1. The summed E-state index contributed by atoms with van der Waals surface area (Å²) in [6.07, 6.45) is 9.44. The molecule has 1 rings (SSSR count). The predicted molar refractivity (Wildman–Crippen MR) is 70.6 cm³/mol. The van der Waals surface area contributed by atoms with Crippen molar-refractivity contribution in [2.24, 2.45) is 5.73 Å². The summed E-state index contributed by atoms with van der Waals surface area (Å²) in [6.45, 7) is 0.776. The Kier molecular flexibility index (Phi) is 6.21. The smallest absolute Gasteiger partial charge is 0.240 e. The number of unbranched alkanes of at least 4 members (excludes halogenated alkanes) is 1. The Morgan fingerprint density at radius 2 is 2.00 bits per heavy atom. The van der Waals surface area contributed by atoms with Crippen LogP contribution >= 0.6 is 11.8 Å². The normalized spacial score (nSPS) is 19.4. The number of nitrogens with one attached hydrogen (secondary N) is 1. The lowest BCUT2D eigenvalue weighted by Crippen LogP contribution is -2.55. The van der Waals surface area contributed by atoms with E-state index in [2.05, 4.69) is 11.6 Å². The fraction of sp³-hybridized carbons (Fsp3) is 0.917. The molecule has 1 amide bonds. The minimum Gasteiger partial charge on any atom is -0.355 e. The molecular weight excluding hydrogens is 220 g/mol. The molecule has 0 spiro atoms. The van der Waals surface area contributed by atoms with Crippen LogP contribution in [0.4, 0.5) is 0 Å². The molecule has 1 aliphatic rings. The Balaban J connectivity index is 2.18. The molecule has 16 heavy (non-hydrogen) atoms. The van der Waals surface area contributed by atoms with E-state index < -0.39 is 5.54 Å². The van der Waals surface area contributed by atoms with E-state index in [0.717, 1.165) is 38.6 Å². The van der Waals surface area contributed by atoms with Crippen molar-refractivity contribution in [1.29, 1.82) is 0 Å². The Labute approximate surface area is 103 Å². The number of amides is 1. The maximum Gasteiger partial charge on any atom is 0.240 e. The summed E-state index contributed by atoms with van der Waals surface area (Å²) in [5.74, 6) is 1.24. The van der Waals surface area contributed by atoms with Crippen molar-refractivity contribution in [2.45, 2.75) is 50.5 Å². The summed E-state index contributed by atoms with van der Waals surface area (Å²) in [7, 11) is 0. The van der Waals surface area contributed by atoms with Crippen LogP contribution in [-0.2, 0) is 4.79 Å². The first-order valence-electron chi connectivity index (χ1n) is 6.25. The lowest BCUT2D eigenvalue weighted by atomic mass is 9.82. The predicted octanol–water partition coefficient (Wildman–Crippen LogP) is 1.91. The van der Waals surface area contributed by atoms with Crippen molar-refractivity contribution in [1.82, 2.24) is 5.32 Å². The Morgan fingerprint density at radius 1 is 1.31 bits per heavy atom. The molecule has 0 aliphatic heterocycles. The largest absolute Gasteiger partial charge is 0.355 e. The van der Waals surface area contributed by atoms with Crippen molar-refractivity contribution in [3.05, 3.63) is 0 Å². The highest BCUT2D eigenvalue weighted by atomic mass is 32.2. The zero-order valence-electron chi connectivity index (χ0n) is 10.3. The van der Waals surface area contributed by atoms with Crippen LogP contribution in [0.2, 0.25) is 0 Å². The summed E-state index contributed by atoms with van der Waals surface area (Å²) in [5, 5.41) is 2.98. The van der Waals surface area contributed by atoms with Crippen LogP contribution in [-0.4, -0.2) is 30.0 Å². The van der Waals surface area contributed by atoms with Gasteiger partial charge in [0.2, 0.25) is 5.91 Å². The number of carbonyl (C=O) groups is 1. The molecule has 94 valence electrons. The van der Waals surface area contributed by atoms with Crippen LogP contribution in [0.25, 0.3) is 0 Å². The van der Waals surface area contributed by atoms with Crippen LogP contribution in [0.3, 0.4) is 0 Å². The lowest BCUT2D eigenvalue weighted by Gasteiger charge is -2.31. The van der Waals surface area contributed by atoms with Gasteiger partial charge in [0.25, 0.3) is 0 Å². The van der Waals surface area contributed by atoms with E-state index in [1.807, 2.05) is 11.8 Å². The van der Waals surface area contributed by atoms with Gasteiger partial charge in [0.15, 0.2) is 0 Å². The molecule has 1 saturated carbocycles. The first kappa shape index (κ1) is 13.8. The van der Waals surface area contributed by atoms with Crippen molar-refractivity contribution in [2.75, 3.05) is 18.6 Å². The van der Waals surface area contributed by atoms with Gasteiger partial charge >= 0.3 is 0 Å². The third-order valence-electron chi connectivity index (χ3n) is 3.26. The van der Waals surface area contributed by atoms with Gasteiger partial charge < -0.3 is 11.1 Å². The Bertz CT molecular complexity index is 215. The average molecular weight is 244 g/mol. The number of nitrogens with two attached hydrogens (primary N) is 1. The second-order valence-electron chi connectivity index (χ2n) is 4.67. The van der Waals surface area contributed by atoms with Crippen molar-refractivity contribution >= 4 is 17.7 Å². The summed E-state index contributed by atoms with van der Waals surface area (Å²) in [6, 6.07) is 0. The van der Waals surface area contributed by atoms with Crippen LogP contribution in [0, 0.1) is 0 Å². The van der Waals surface area contributed by atoms with Gasteiger partial charge in [-0.1, -0.05) is 19.3 Å². The second kappa shape index (κ2) is 7.17. The highest BCUT2D eigenvalue weighted by Crippen LogP contribution is 2.25. The molecule has 1 fully saturated rings. The Hall–Kier alpha value is -0.220. The van der Waals surface area contributed by atoms with Crippen molar-refractivity contribution in [3.8, 4) is 0 Å². The van der Waals surface area contributed by atoms with Crippen LogP contribution in [0.5, 0.6) is 0 Å². The van der Waals surface area contributed by atoms with Gasteiger partial charge in [0, 0.05) is 6.54 Å². The molecule has 0 unspecified atom stereocenters. The van der Waals surface area contributed by atoms with Gasteiger partial charge in [-0.15, -0.1) is 0 Å². The van der Waals surface area contributed by atoms with E-state index in [1.54, 1.807) is 0 Å². The van der Waals surface area contributed by atoms with Gasteiger partial charge in [-0.3, -0.25) is 4.79 Å². The third kappa shape index (κ3) is 4.34. The molecule has 4 heteroatoms. The summed E-state index contributed by atoms with van der Waals surface area (Å²) >= 11 is 1.85. The molecule has 3 N–H and O–H groups in total. The highest BCUT2D eigenvalue weighted by Gasteiger charge is 2.34. The van der Waals surface area contributed by atoms with Crippen LogP contribution in [0.15, 0.2) is 0 Å². The van der Waals surface area contributed by atoms with Crippen molar-refractivity contribution in [3.63, 3.8) is 0 Å². The SMILES string of the molecule is CSCCCCNC(=O)C1(N)CCCCC1. The van der Waals surface area contributed by atoms with E-state index in [1.165, 1.54) is 18.6 Å². The van der Waals surface area contributed by atoms with Crippen LogP contribution in [0.1, 0.15) is 44.9 Å². The van der Waals surface area contributed by atoms with E-state index in [-0.39, 0.29) is 5.91 Å². The fourth-order valence-corrected chi connectivity index (χ4v) is 2.65. The van der Waals surface area contributed by atoms with Crippen LogP contribution < -0.4 is 11.1 Å². The second-order valence-corrected chi connectivity index (χ2v) is 5.66. The van der Waals surface area contributed by atoms with Gasteiger partial charge in [-0.2, -0.15) is 11.8 Å². The third-order valence-corrected chi connectivity index (χ3v) is 3.96. The molecule has 0 atom stereocenters. The van der Waals surface area contributed by atoms with Gasteiger partial charge in [-0.05, 0) is 37.7 Å². The van der Waals surface area contributed by atoms with E-state index >= 15 is 0 Å². The standard InChI is InChI=1S/C12H24N2OS/c1-16-10-6-5-9-14-11(15)12(13)7-3-2-4-8-12/h2-10,13H2,1H3,(H,14,15). The number of hydrogen-bond acceptors (Lipinski definition) is 3. The minimum atomic E-state index is -0.572. The first-order chi connectivity index (χ1) is 7.69. The van der Waals surface area contributed by atoms with E-state index in [0.29, 0.717) is 0 Å². The quantitative estimate of drug-likeness (QED) is 0.702. The van der Waals surface area contributed by atoms with Gasteiger partial charge in [0.1, 0.15) is 0 Å². The van der Waals surface area contributed by atoms with Crippen molar-refractivity contribution < 1.29 is 4.79 Å². The average Bonchev–Trinajstić information content (AvgIpc) is 2.29. The first-order valence-corrected chi connectivity index (χ1v) is 7.64. The highest BCUT2D eigenvalue weighted by molar-refractivity contribution is 7.98. The van der Waals surface area contributed by atoms with E-state index in [9.17, 15) is 4.79 Å². The topological polar surface area (TPSA) is 55.1 Å². The Morgan fingerprint density at radius 3 is 2.62 bits per heavy atom. The molecule has 0 aromatic heterocycles. The summed E-state index contributed by atoms with van der Waals surface area (Å²) in [5.41, 5.74) is 5.56. The number of rotatable bonds is 6. The number of thioether (sulfide) groups is 1. The molecule has 1 aliphatic carbocycles. The molecule has 0 radical (unpaired) electrons. The molecule has 0 heterocycles. The number of carbonyl (C=O) groups excluding carboxylic acids is 1. The molecule has 3 nitrogen and oxygen atoms in total. The van der Waals surface area contributed by atoms with Gasteiger partial charge in [-0.25, -0.2) is 0 Å². The summed E-state index contributed by atoms with van der Waals surface area (Å²) < 4.78 is 0. The monoisotopic (exact) mass is 244 g/mol. The maximum absolute atomic E-state index is 11.9. The molecule has 0 aromatic rings.